The molecule has 0 aliphatic carbocycles. The zero-order valence-electron chi connectivity index (χ0n) is 9.97. The first-order valence-corrected chi connectivity index (χ1v) is 7.27. The van der Waals surface area contributed by atoms with Crippen molar-refractivity contribution in [1.82, 2.24) is 0 Å². The molecule has 4 nitrogen and oxygen atoms in total. The van der Waals surface area contributed by atoms with Crippen molar-refractivity contribution >= 4 is 27.3 Å². The van der Waals surface area contributed by atoms with Crippen LogP contribution in [0.5, 0.6) is 0 Å². The summed E-state index contributed by atoms with van der Waals surface area (Å²) in [6, 6.07) is 11.1. The molecule has 0 saturated carbocycles. The van der Waals surface area contributed by atoms with Crippen LogP contribution in [0.15, 0.2) is 47.4 Å². The number of anilines is 1. The van der Waals surface area contributed by atoms with Gasteiger partial charge in [0.25, 0.3) is 10.0 Å². The Labute approximate surface area is 120 Å². The molecule has 0 atom stereocenters. The van der Waals surface area contributed by atoms with Crippen LogP contribution in [-0.2, 0) is 10.0 Å². The Bertz CT molecular complexity index is 800. The zero-order valence-corrected chi connectivity index (χ0v) is 11.5. The summed E-state index contributed by atoms with van der Waals surface area (Å²) in [6.07, 6.45) is 0. The fraction of sp³-hybridized carbons (Fsp3) is 0. The summed E-state index contributed by atoms with van der Waals surface area (Å²) in [5, 5.41) is 9.00. The molecule has 2 aromatic carbocycles. The number of sulfonamides is 1. The highest BCUT2D eigenvalue weighted by Crippen LogP contribution is 2.23. The van der Waals surface area contributed by atoms with Gasteiger partial charge in [0.2, 0.25) is 0 Å². The Morgan fingerprint density at radius 2 is 1.90 bits per heavy atom. The summed E-state index contributed by atoms with van der Waals surface area (Å²) >= 11 is 5.67. The summed E-state index contributed by atoms with van der Waals surface area (Å²) in [5.74, 6) is -0.920. The molecule has 0 unspecified atom stereocenters. The highest BCUT2D eigenvalue weighted by atomic mass is 35.5. The van der Waals surface area contributed by atoms with E-state index in [0.29, 0.717) is 0 Å². The summed E-state index contributed by atoms with van der Waals surface area (Å²) < 4.78 is 40.0. The fourth-order valence-electron chi connectivity index (χ4n) is 1.55. The number of para-hydroxylation sites is 1. The Morgan fingerprint density at radius 1 is 1.20 bits per heavy atom. The molecule has 0 bridgehead atoms. The molecule has 0 aromatic heterocycles. The lowest BCUT2D eigenvalue weighted by Crippen LogP contribution is -2.15. The third kappa shape index (κ3) is 2.90. The predicted molar refractivity (Wildman–Crippen MR) is 73.4 cm³/mol. The molecule has 2 rings (SSSR count). The van der Waals surface area contributed by atoms with Gasteiger partial charge in [0.05, 0.1) is 11.3 Å². The van der Waals surface area contributed by atoms with E-state index in [9.17, 15) is 12.8 Å². The molecule has 102 valence electrons. The summed E-state index contributed by atoms with van der Waals surface area (Å²) in [6.45, 7) is 0. The van der Waals surface area contributed by atoms with E-state index in [1.54, 1.807) is 12.1 Å². The van der Waals surface area contributed by atoms with Crippen LogP contribution in [0.25, 0.3) is 0 Å². The monoisotopic (exact) mass is 310 g/mol. The average molecular weight is 311 g/mol. The molecule has 0 spiro atoms. The smallest absolute Gasteiger partial charge is 0.264 e. The van der Waals surface area contributed by atoms with E-state index in [-0.39, 0.29) is 16.3 Å². The first kappa shape index (κ1) is 14.3. The molecule has 0 amide bonds. The van der Waals surface area contributed by atoms with Gasteiger partial charge in [-0.3, -0.25) is 4.72 Å². The minimum Gasteiger partial charge on any atom is -0.278 e. The third-order valence-corrected chi connectivity index (χ3v) is 4.09. The Hall–Kier alpha value is -2.10. The van der Waals surface area contributed by atoms with Crippen molar-refractivity contribution in [3.63, 3.8) is 0 Å². The number of nitrogens with zero attached hydrogens (tertiary/aromatic N) is 1. The maximum atomic E-state index is 13.6. The minimum atomic E-state index is -4.16. The van der Waals surface area contributed by atoms with Gasteiger partial charge in [-0.1, -0.05) is 23.7 Å². The lowest BCUT2D eigenvalue weighted by atomic mass is 10.2. The van der Waals surface area contributed by atoms with E-state index >= 15 is 0 Å². The van der Waals surface area contributed by atoms with Gasteiger partial charge in [-0.15, -0.1) is 0 Å². The number of hydrogen-bond acceptors (Lipinski definition) is 3. The summed E-state index contributed by atoms with van der Waals surface area (Å²) in [5.41, 5.74) is 0.216. The van der Waals surface area contributed by atoms with Crippen LogP contribution in [0, 0.1) is 17.1 Å². The molecule has 0 fully saturated rings. The number of nitrogens with one attached hydrogen (secondary N) is 1. The van der Waals surface area contributed by atoms with Gasteiger partial charge in [0, 0.05) is 5.02 Å². The van der Waals surface area contributed by atoms with E-state index in [2.05, 4.69) is 4.72 Å². The van der Waals surface area contributed by atoms with Crippen LogP contribution in [0.3, 0.4) is 0 Å². The Kier molecular flexibility index (Phi) is 3.93. The molecule has 0 heterocycles. The summed E-state index contributed by atoms with van der Waals surface area (Å²) in [4.78, 5) is -0.572. The largest absolute Gasteiger partial charge is 0.278 e. The predicted octanol–water partition coefficient (Wildman–Crippen LogP) is 3.15. The van der Waals surface area contributed by atoms with Crippen molar-refractivity contribution in [3.05, 3.63) is 58.9 Å². The number of rotatable bonds is 3. The van der Waals surface area contributed by atoms with Crippen molar-refractivity contribution in [1.29, 1.82) is 5.26 Å². The standard InChI is InChI=1S/C13H8ClFN2O2S/c14-10-5-6-11(15)13(7-10)20(18,19)17-12-4-2-1-3-9(12)8-16/h1-7,17H. The van der Waals surface area contributed by atoms with Crippen molar-refractivity contribution in [2.75, 3.05) is 4.72 Å². The molecule has 0 aliphatic rings. The third-order valence-electron chi connectivity index (χ3n) is 2.47. The van der Waals surface area contributed by atoms with Gasteiger partial charge in [-0.25, -0.2) is 12.8 Å². The van der Waals surface area contributed by atoms with Crippen LogP contribution in [0.2, 0.25) is 5.02 Å². The van der Waals surface area contributed by atoms with Gasteiger partial charge >= 0.3 is 0 Å². The number of benzene rings is 2. The SMILES string of the molecule is N#Cc1ccccc1NS(=O)(=O)c1cc(Cl)ccc1F. The number of nitriles is 1. The van der Waals surface area contributed by atoms with Crippen molar-refractivity contribution < 1.29 is 12.8 Å². The van der Waals surface area contributed by atoms with Gasteiger partial charge in [0.15, 0.2) is 0 Å². The van der Waals surface area contributed by atoms with Crippen LogP contribution >= 0.6 is 11.6 Å². The minimum absolute atomic E-state index is 0.0781. The molecule has 0 aliphatic heterocycles. The van der Waals surface area contributed by atoms with Gasteiger partial charge < -0.3 is 0 Å². The molecule has 2 aromatic rings. The molecule has 1 N–H and O–H groups in total. The maximum Gasteiger partial charge on any atom is 0.264 e. The van der Waals surface area contributed by atoms with Gasteiger partial charge in [-0.2, -0.15) is 5.26 Å². The second kappa shape index (κ2) is 5.49. The molecule has 7 heteroatoms. The van der Waals surface area contributed by atoms with Gasteiger partial charge in [0.1, 0.15) is 16.8 Å². The van der Waals surface area contributed by atoms with Crippen molar-refractivity contribution in [3.8, 4) is 6.07 Å². The van der Waals surface area contributed by atoms with Crippen LogP contribution in [-0.4, -0.2) is 8.42 Å². The van der Waals surface area contributed by atoms with E-state index in [4.69, 9.17) is 16.9 Å². The van der Waals surface area contributed by atoms with E-state index in [1.807, 2.05) is 6.07 Å². The maximum absolute atomic E-state index is 13.6. The van der Waals surface area contributed by atoms with E-state index in [0.717, 1.165) is 12.1 Å². The van der Waals surface area contributed by atoms with E-state index < -0.39 is 20.7 Å². The van der Waals surface area contributed by atoms with Crippen LogP contribution < -0.4 is 4.72 Å². The average Bonchev–Trinajstić information content (AvgIpc) is 2.41. The first-order chi connectivity index (χ1) is 9.44. The zero-order chi connectivity index (χ0) is 14.8. The molecule has 20 heavy (non-hydrogen) atoms. The lowest BCUT2D eigenvalue weighted by molar-refractivity contribution is 0.570. The van der Waals surface area contributed by atoms with Crippen molar-refractivity contribution in [2.45, 2.75) is 4.90 Å². The highest BCUT2D eigenvalue weighted by molar-refractivity contribution is 7.92. The number of halogens is 2. The first-order valence-electron chi connectivity index (χ1n) is 5.41. The Balaban J connectivity index is 2.47. The summed E-state index contributed by atoms with van der Waals surface area (Å²) in [7, 11) is -4.16. The fourth-order valence-corrected chi connectivity index (χ4v) is 2.97. The molecule has 0 radical (unpaired) electrons. The second-order valence-electron chi connectivity index (χ2n) is 3.84. The van der Waals surface area contributed by atoms with Gasteiger partial charge in [-0.05, 0) is 30.3 Å². The van der Waals surface area contributed by atoms with Crippen molar-refractivity contribution in [2.24, 2.45) is 0 Å². The van der Waals surface area contributed by atoms with Crippen LogP contribution in [0.4, 0.5) is 10.1 Å². The molecular formula is C13H8ClFN2O2S. The second-order valence-corrected chi connectivity index (χ2v) is 5.92. The molecular weight excluding hydrogens is 303 g/mol. The normalized spacial score (nSPS) is 10.8. The molecule has 0 saturated heterocycles. The topological polar surface area (TPSA) is 70.0 Å². The Morgan fingerprint density at radius 3 is 2.60 bits per heavy atom. The van der Waals surface area contributed by atoms with Crippen LogP contribution in [0.1, 0.15) is 5.56 Å². The lowest BCUT2D eigenvalue weighted by Gasteiger charge is -2.10. The quantitative estimate of drug-likeness (QED) is 0.946. The highest BCUT2D eigenvalue weighted by Gasteiger charge is 2.20. The number of hydrogen-bond donors (Lipinski definition) is 1. The van der Waals surface area contributed by atoms with E-state index in [1.165, 1.54) is 18.2 Å².